The molecule has 0 spiro atoms. The minimum absolute atomic E-state index is 0.432. The lowest BCUT2D eigenvalue weighted by atomic mass is 10.3. The predicted octanol–water partition coefficient (Wildman–Crippen LogP) is 1.92. The van der Waals surface area contributed by atoms with Crippen LogP contribution in [0.3, 0.4) is 0 Å². The average molecular weight is 336 g/mol. The van der Waals surface area contributed by atoms with E-state index in [4.69, 9.17) is 19.2 Å². The highest BCUT2D eigenvalue weighted by Gasteiger charge is 2.20. The van der Waals surface area contributed by atoms with Crippen molar-refractivity contribution in [2.75, 3.05) is 52.5 Å². The highest BCUT2D eigenvalue weighted by molar-refractivity contribution is 5.67. The van der Waals surface area contributed by atoms with Gasteiger partial charge in [-0.1, -0.05) is 0 Å². The molecule has 7 nitrogen and oxygen atoms in total. The molecule has 24 heavy (non-hydrogen) atoms. The second-order valence-corrected chi connectivity index (χ2v) is 5.90. The molecule has 0 bridgehead atoms. The Kier molecular flexibility index (Phi) is 6.14. The van der Waals surface area contributed by atoms with Gasteiger partial charge in [0.1, 0.15) is 12.4 Å². The Hall–Kier alpha value is -1.99. The highest BCUT2D eigenvalue weighted by atomic mass is 17.2. The molecule has 0 N–H and O–H groups in total. The van der Waals surface area contributed by atoms with Gasteiger partial charge in [-0.15, -0.1) is 0 Å². The summed E-state index contributed by atoms with van der Waals surface area (Å²) in [5, 5.41) is 0. The Labute approximate surface area is 141 Å². The van der Waals surface area contributed by atoms with Crippen molar-refractivity contribution in [2.24, 2.45) is 0 Å². The lowest BCUT2D eigenvalue weighted by molar-refractivity contribution is -0.152. The summed E-state index contributed by atoms with van der Waals surface area (Å²) in [7, 11) is 0. The van der Waals surface area contributed by atoms with Crippen LogP contribution in [0.2, 0.25) is 0 Å². The maximum atomic E-state index is 11.7. The van der Waals surface area contributed by atoms with Gasteiger partial charge in [0.05, 0.1) is 13.2 Å². The van der Waals surface area contributed by atoms with E-state index in [2.05, 4.69) is 4.90 Å². The number of benzene rings is 1. The average Bonchev–Trinajstić information content (AvgIpc) is 3.16. The molecule has 0 atom stereocenters. The molecule has 1 aromatic rings. The predicted molar refractivity (Wildman–Crippen MR) is 87.1 cm³/mol. The zero-order valence-electron chi connectivity index (χ0n) is 13.8. The van der Waals surface area contributed by atoms with Crippen molar-refractivity contribution in [1.29, 1.82) is 0 Å². The molecule has 2 aliphatic rings. The van der Waals surface area contributed by atoms with Crippen molar-refractivity contribution in [3.8, 4) is 11.5 Å². The first-order valence-corrected chi connectivity index (χ1v) is 8.48. The van der Waals surface area contributed by atoms with Crippen molar-refractivity contribution in [1.82, 2.24) is 9.80 Å². The van der Waals surface area contributed by atoms with Gasteiger partial charge in [-0.3, -0.25) is 9.79 Å². The Balaban J connectivity index is 1.36. The number of likely N-dealkylation sites (tertiary alicyclic amines) is 1. The molecule has 1 amide bonds. The number of carbonyl (C=O) groups is 1. The van der Waals surface area contributed by atoms with Crippen LogP contribution in [0.1, 0.15) is 12.8 Å². The SMILES string of the molecule is O=C(OOc1ccc(OCCN2CCOCC2)cc1)N1CCCC1. The second-order valence-electron chi connectivity index (χ2n) is 5.90. The summed E-state index contributed by atoms with van der Waals surface area (Å²) >= 11 is 0. The standard InChI is InChI=1S/C17H24N2O5/c20-17(19-7-1-2-8-19)24-23-16-5-3-15(4-6-16)22-14-11-18-9-12-21-13-10-18/h3-6H,1-2,7-14H2. The monoisotopic (exact) mass is 336 g/mol. The molecule has 0 aliphatic carbocycles. The van der Waals surface area contributed by atoms with Crippen molar-refractivity contribution < 1.29 is 24.0 Å². The molecule has 0 saturated carbocycles. The molecule has 0 aromatic heterocycles. The molecule has 3 rings (SSSR count). The quantitative estimate of drug-likeness (QED) is 0.584. The minimum Gasteiger partial charge on any atom is -0.492 e. The summed E-state index contributed by atoms with van der Waals surface area (Å²) in [5.74, 6) is 1.24. The minimum atomic E-state index is -0.432. The largest absolute Gasteiger partial charge is 0.492 e. The fraction of sp³-hybridized carbons (Fsp3) is 0.588. The van der Waals surface area contributed by atoms with Crippen LogP contribution in [-0.2, 0) is 9.62 Å². The van der Waals surface area contributed by atoms with Gasteiger partial charge in [0, 0.05) is 32.7 Å². The number of amides is 1. The van der Waals surface area contributed by atoms with Gasteiger partial charge in [0.2, 0.25) is 0 Å². The zero-order valence-corrected chi connectivity index (χ0v) is 13.8. The van der Waals surface area contributed by atoms with Crippen molar-refractivity contribution in [3.05, 3.63) is 24.3 Å². The first kappa shape index (κ1) is 16.9. The van der Waals surface area contributed by atoms with Crippen molar-refractivity contribution in [2.45, 2.75) is 12.8 Å². The van der Waals surface area contributed by atoms with Crippen LogP contribution in [0.4, 0.5) is 4.79 Å². The zero-order chi connectivity index (χ0) is 16.6. The van der Waals surface area contributed by atoms with E-state index in [9.17, 15) is 4.79 Å². The number of hydrogen-bond acceptors (Lipinski definition) is 6. The third kappa shape index (κ3) is 5.01. The van der Waals surface area contributed by atoms with Gasteiger partial charge in [0.15, 0.2) is 5.75 Å². The van der Waals surface area contributed by atoms with E-state index in [1.54, 1.807) is 29.2 Å². The maximum Gasteiger partial charge on any atom is 0.452 e. The van der Waals surface area contributed by atoms with Crippen LogP contribution < -0.4 is 9.62 Å². The van der Waals surface area contributed by atoms with Crippen LogP contribution in [-0.4, -0.2) is 68.4 Å². The van der Waals surface area contributed by atoms with Crippen LogP contribution >= 0.6 is 0 Å². The lowest BCUT2D eigenvalue weighted by Crippen LogP contribution is -2.38. The van der Waals surface area contributed by atoms with E-state index >= 15 is 0 Å². The third-order valence-corrected chi connectivity index (χ3v) is 4.18. The molecule has 7 heteroatoms. The van der Waals surface area contributed by atoms with E-state index in [1.165, 1.54) is 0 Å². The van der Waals surface area contributed by atoms with Crippen LogP contribution in [0.25, 0.3) is 0 Å². The number of hydrogen-bond donors (Lipinski definition) is 0. The number of rotatable bonds is 6. The summed E-state index contributed by atoms with van der Waals surface area (Å²) in [6.07, 6.45) is 1.61. The number of nitrogens with zero attached hydrogens (tertiary/aromatic N) is 2. The number of ether oxygens (including phenoxy) is 2. The fourth-order valence-electron chi connectivity index (χ4n) is 2.74. The summed E-state index contributed by atoms with van der Waals surface area (Å²) in [5.41, 5.74) is 0. The first-order valence-electron chi connectivity index (χ1n) is 8.48. The van der Waals surface area contributed by atoms with Gasteiger partial charge in [-0.2, -0.15) is 0 Å². The molecule has 2 heterocycles. The van der Waals surface area contributed by atoms with E-state index < -0.39 is 6.09 Å². The summed E-state index contributed by atoms with van der Waals surface area (Å²) in [6, 6.07) is 7.05. The van der Waals surface area contributed by atoms with E-state index in [-0.39, 0.29) is 0 Å². The van der Waals surface area contributed by atoms with Gasteiger partial charge in [0.25, 0.3) is 0 Å². The Morgan fingerprint density at radius 2 is 1.67 bits per heavy atom. The maximum absolute atomic E-state index is 11.7. The molecule has 2 aliphatic heterocycles. The molecule has 0 unspecified atom stereocenters. The Morgan fingerprint density at radius 1 is 1.00 bits per heavy atom. The van der Waals surface area contributed by atoms with Crippen LogP contribution in [0.5, 0.6) is 11.5 Å². The molecule has 0 radical (unpaired) electrons. The van der Waals surface area contributed by atoms with Gasteiger partial charge >= 0.3 is 6.09 Å². The van der Waals surface area contributed by atoms with Gasteiger partial charge < -0.3 is 14.4 Å². The van der Waals surface area contributed by atoms with E-state index in [1.807, 2.05) is 0 Å². The fourth-order valence-corrected chi connectivity index (χ4v) is 2.74. The van der Waals surface area contributed by atoms with Crippen LogP contribution in [0, 0.1) is 0 Å². The number of morpholine rings is 1. The second kappa shape index (κ2) is 8.75. The van der Waals surface area contributed by atoms with Gasteiger partial charge in [-0.05, 0) is 37.1 Å². The normalized spacial score (nSPS) is 18.4. The molecular formula is C17H24N2O5. The van der Waals surface area contributed by atoms with Crippen LogP contribution in [0.15, 0.2) is 24.3 Å². The summed E-state index contributed by atoms with van der Waals surface area (Å²) < 4.78 is 11.0. The molecule has 2 saturated heterocycles. The van der Waals surface area contributed by atoms with E-state index in [0.29, 0.717) is 12.4 Å². The first-order chi connectivity index (χ1) is 11.8. The molecule has 1 aromatic carbocycles. The lowest BCUT2D eigenvalue weighted by Gasteiger charge is -2.26. The molecule has 132 valence electrons. The molecule has 2 fully saturated rings. The van der Waals surface area contributed by atoms with Crippen molar-refractivity contribution >= 4 is 6.09 Å². The molecular weight excluding hydrogens is 312 g/mol. The topological polar surface area (TPSA) is 60.5 Å². The van der Waals surface area contributed by atoms with Gasteiger partial charge in [-0.25, -0.2) is 9.68 Å². The van der Waals surface area contributed by atoms with Crippen molar-refractivity contribution in [3.63, 3.8) is 0 Å². The Morgan fingerprint density at radius 3 is 2.38 bits per heavy atom. The van der Waals surface area contributed by atoms with E-state index in [0.717, 1.165) is 64.5 Å². The Bertz CT molecular complexity index is 510. The third-order valence-electron chi connectivity index (χ3n) is 4.18. The number of carbonyl (C=O) groups excluding carboxylic acids is 1. The summed E-state index contributed by atoms with van der Waals surface area (Å²) in [6.45, 7) is 6.48. The highest BCUT2D eigenvalue weighted by Crippen LogP contribution is 2.18. The summed E-state index contributed by atoms with van der Waals surface area (Å²) in [4.78, 5) is 25.6. The smallest absolute Gasteiger partial charge is 0.452 e.